The van der Waals surface area contributed by atoms with Crippen LogP contribution in [0.25, 0.3) is 0 Å². The van der Waals surface area contributed by atoms with E-state index in [2.05, 4.69) is 57.5 Å². The Morgan fingerprint density at radius 3 is 2.33 bits per heavy atom. The van der Waals surface area contributed by atoms with Crippen LogP contribution in [0.2, 0.25) is 0 Å². The van der Waals surface area contributed by atoms with Crippen LogP contribution in [-0.4, -0.2) is 46.1 Å². The van der Waals surface area contributed by atoms with Crippen LogP contribution in [0.5, 0.6) is 0 Å². The molecule has 1 unspecified atom stereocenters. The minimum absolute atomic E-state index is 0.129. The summed E-state index contributed by atoms with van der Waals surface area (Å²) in [5, 5.41) is 12.1. The van der Waals surface area contributed by atoms with Crippen molar-refractivity contribution in [1.29, 1.82) is 0 Å². The predicted octanol–water partition coefficient (Wildman–Crippen LogP) is 2.88. The standard InChI is InChI=1S/C15H28BrN5/c1-5-17-13(12-14(16)18-19-21(12)4)15(20(2)3)10-8-6-7-9-11-15/h13,17H,5-11H2,1-4H3. The van der Waals surface area contributed by atoms with Crippen molar-refractivity contribution < 1.29 is 0 Å². The van der Waals surface area contributed by atoms with E-state index in [9.17, 15) is 0 Å². The number of hydrogen-bond acceptors (Lipinski definition) is 4. The molecule has 1 fully saturated rings. The number of nitrogens with one attached hydrogen (secondary N) is 1. The maximum atomic E-state index is 4.20. The molecule has 0 bridgehead atoms. The first kappa shape index (κ1) is 16.9. The Bertz CT molecular complexity index is 429. The predicted molar refractivity (Wildman–Crippen MR) is 89.2 cm³/mol. The van der Waals surface area contributed by atoms with E-state index in [-0.39, 0.29) is 11.6 Å². The number of rotatable bonds is 5. The van der Waals surface area contributed by atoms with E-state index in [1.54, 1.807) is 0 Å². The van der Waals surface area contributed by atoms with E-state index in [1.165, 1.54) is 38.5 Å². The Labute approximate surface area is 136 Å². The molecule has 0 aromatic carbocycles. The molecule has 1 heterocycles. The Hall–Kier alpha value is -0.460. The lowest BCUT2D eigenvalue weighted by atomic mass is 9.79. The van der Waals surface area contributed by atoms with E-state index in [0.717, 1.165) is 16.8 Å². The Kier molecular flexibility index (Phi) is 5.80. The summed E-state index contributed by atoms with van der Waals surface area (Å²) in [5.74, 6) is 0. The first-order chi connectivity index (χ1) is 10.0. The molecule has 1 saturated carbocycles. The highest BCUT2D eigenvalue weighted by Gasteiger charge is 2.43. The zero-order valence-electron chi connectivity index (χ0n) is 13.7. The van der Waals surface area contributed by atoms with Crippen LogP contribution >= 0.6 is 15.9 Å². The van der Waals surface area contributed by atoms with Crippen LogP contribution in [0.1, 0.15) is 57.2 Å². The zero-order chi connectivity index (χ0) is 15.5. The largest absolute Gasteiger partial charge is 0.307 e. The van der Waals surface area contributed by atoms with E-state index >= 15 is 0 Å². The number of hydrogen-bond donors (Lipinski definition) is 1. The second-order valence-corrected chi connectivity index (χ2v) is 7.04. The third-order valence-electron chi connectivity index (χ3n) is 4.91. The van der Waals surface area contributed by atoms with Gasteiger partial charge in [-0.05, 0) is 49.4 Å². The molecule has 1 aromatic rings. The lowest BCUT2D eigenvalue weighted by Crippen LogP contribution is -2.54. The van der Waals surface area contributed by atoms with Crippen molar-refractivity contribution in [3.8, 4) is 0 Å². The summed E-state index contributed by atoms with van der Waals surface area (Å²) in [6.45, 7) is 3.11. The highest BCUT2D eigenvalue weighted by molar-refractivity contribution is 9.10. The first-order valence-corrected chi connectivity index (χ1v) is 8.78. The summed E-state index contributed by atoms with van der Waals surface area (Å²) >= 11 is 3.59. The maximum Gasteiger partial charge on any atom is 0.153 e. The molecule has 1 aliphatic carbocycles. The van der Waals surface area contributed by atoms with Gasteiger partial charge >= 0.3 is 0 Å². The van der Waals surface area contributed by atoms with Gasteiger partial charge in [0.2, 0.25) is 0 Å². The molecule has 0 spiro atoms. The summed E-state index contributed by atoms with van der Waals surface area (Å²) in [5.41, 5.74) is 1.29. The quantitative estimate of drug-likeness (QED) is 0.823. The van der Waals surface area contributed by atoms with Gasteiger partial charge in [0.25, 0.3) is 0 Å². The van der Waals surface area contributed by atoms with Crippen molar-refractivity contribution in [2.45, 2.75) is 57.0 Å². The SMILES string of the molecule is CCNC(c1c(Br)nnn1C)C1(N(C)C)CCCCCC1. The van der Waals surface area contributed by atoms with Crippen molar-refractivity contribution in [2.75, 3.05) is 20.6 Å². The van der Waals surface area contributed by atoms with Gasteiger partial charge in [-0.1, -0.05) is 37.8 Å². The van der Waals surface area contributed by atoms with Gasteiger partial charge in [0, 0.05) is 12.6 Å². The van der Waals surface area contributed by atoms with Gasteiger partial charge in [-0.25, -0.2) is 4.68 Å². The van der Waals surface area contributed by atoms with Gasteiger partial charge < -0.3 is 10.2 Å². The summed E-state index contributed by atoms with van der Waals surface area (Å²) < 4.78 is 2.77. The lowest BCUT2D eigenvalue weighted by Gasteiger charge is -2.46. The topological polar surface area (TPSA) is 46.0 Å². The second kappa shape index (κ2) is 7.20. The number of halogens is 1. The zero-order valence-corrected chi connectivity index (χ0v) is 15.3. The molecule has 21 heavy (non-hydrogen) atoms. The molecule has 120 valence electrons. The molecule has 5 nitrogen and oxygen atoms in total. The molecular formula is C15H28BrN5. The fourth-order valence-electron chi connectivity index (χ4n) is 3.73. The monoisotopic (exact) mass is 357 g/mol. The smallest absolute Gasteiger partial charge is 0.153 e. The molecule has 6 heteroatoms. The highest BCUT2D eigenvalue weighted by atomic mass is 79.9. The molecule has 0 saturated heterocycles. The number of aromatic nitrogens is 3. The van der Waals surface area contributed by atoms with Crippen molar-refractivity contribution in [2.24, 2.45) is 7.05 Å². The summed E-state index contributed by atoms with van der Waals surface area (Å²) in [4.78, 5) is 2.42. The normalized spacial score (nSPS) is 20.5. The maximum absolute atomic E-state index is 4.20. The van der Waals surface area contributed by atoms with Gasteiger partial charge in [-0.3, -0.25) is 0 Å². The molecular weight excluding hydrogens is 330 g/mol. The van der Waals surface area contributed by atoms with Crippen LogP contribution in [0.4, 0.5) is 0 Å². The highest BCUT2D eigenvalue weighted by Crippen LogP contribution is 2.42. The Morgan fingerprint density at radius 1 is 1.29 bits per heavy atom. The van der Waals surface area contributed by atoms with E-state index in [1.807, 2.05) is 11.7 Å². The first-order valence-electron chi connectivity index (χ1n) is 7.99. The van der Waals surface area contributed by atoms with E-state index in [0.29, 0.717) is 0 Å². The van der Waals surface area contributed by atoms with Gasteiger partial charge in [0.05, 0.1) is 11.7 Å². The molecule has 0 radical (unpaired) electrons. The Morgan fingerprint density at radius 2 is 1.90 bits per heavy atom. The summed E-state index contributed by atoms with van der Waals surface area (Å²) in [6, 6.07) is 0.241. The molecule has 0 amide bonds. The van der Waals surface area contributed by atoms with Crippen molar-refractivity contribution in [1.82, 2.24) is 25.2 Å². The summed E-state index contributed by atoms with van der Waals surface area (Å²) in [7, 11) is 6.41. The van der Waals surface area contributed by atoms with Crippen molar-refractivity contribution >= 4 is 15.9 Å². The number of aryl methyl sites for hydroxylation is 1. The van der Waals surface area contributed by atoms with Crippen LogP contribution in [0, 0.1) is 0 Å². The lowest BCUT2D eigenvalue weighted by molar-refractivity contribution is 0.0769. The number of nitrogens with zero attached hydrogens (tertiary/aromatic N) is 4. The minimum atomic E-state index is 0.129. The number of likely N-dealkylation sites (N-methyl/N-ethyl adjacent to an activating group) is 2. The molecule has 1 atom stereocenters. The average Bonchev–Trinajstić information content (AvgIpc) is 2.68. The second-order valence-electron chi connectivity index (χ2n) is 6.29. The Balaban J connectivity index is 2.46. The molecule has 2 rings (SSSR count). The average molecular weight is 358 g/mol. The van der Waals surface area contributed by atoms with Crippen LogP contribution in [-0.2, 0) is 7.05 Å². The van der Waals surface area contributed by atoms with Gasteiger partial charge in [0.15, 0.2) is 4.60 Å². The van der Waals surface area contributed by atoms with Gasteiger partial charge in [0.1, 0.15) is 0 Å². The molecule has 1 N–H and O–H groups in total. The fraction of sp³-hybridized carbons (Fsp3) is 0.867. The van der Waals surface area contributed by atoms with Crippen molar-refractivity contribution in [3.05, 3.63) is 10.3 Å². The van der Waals surface area contributed by atoms with Crippen LogP contribution in [0.3, 0.4) is 0 Å². The van der Waals surface area contributed by atoms with Crippen LogP contribution < -0.4 is 5.32 Å². The van der Waals surface area contributed by atoms with Crippen molar-refractivity contribution in [3.63, 3.8) is 0 Å². The van der Waals surface area contributed by atoms with E-state index < -0.39 is 0 Å². The molecule has 0 aliphatic heterocycles. The third kappa shape index (κ3) is 3.32. The minimum Gasteiger partial charge on any atom is -0.307 e. The summed E-state index contributed by atoms with van der Waals surface area (Å²) in [6.07, 6.45) is 7.72. The van der Waals surface area contributed by atoms with E-state index in [4.69, 9.17) is 0 Å². The molecule has 1 aromatic heterocycles. The van der Waals surface area contributed by atoms with Gasteiger partial charge in [-0.2, -0.15) is 0 Å². The third-order valence-corrected chi connectivity index (χ3v) is 5.47. The van der Waals surface area contributed by atoms with Crippen LogP contribution in [0.15, 0.2) is 4.60 Å². The fourth-order valence-corrected chi connectivity index (χ4v) is 4.28. The van der Waals surface area contributed by atoms with Gasteiger partial charge in [-0.15, -0.1) is 5.10 Å². The molecule has 1 aliphatic rings.